The summed E-state index contributed by atoms with van der Waals surface area (Å²) in [6, 6.07) is 0. The fourth-order valence-corrected chi connectivity index (χ4v) is 2.27. The van der Waals surface area contributed by atoms with E-state index in [4.69, 9.17) is 9.47 Å². The highest BCUT2D eigenvalue weighted by Gasteiger charge is 2.39. The second-order valence-electron chi connectivity index (χ2n) is 7.65. The molecule has 0 spiro atoms. The minimum atomic E-state index is -1.01. The van der Waals surface area contributed by atoms with Crippen LogP contribution in [-0.2, 0) is 14.3 Å². The molecule has 6 heteroatoms. The summed E-state index contributed by atoms with van der Waals surface area (Å²) in [5.41, 5.74) is -2.03. The van der Waals surface area contributed by atoms with Crippen LogP contribution in [0.15, 0.2) is 0 Å². The van der Waals surface area contributed by atoms with E-state index in [9.17, 15) is 14.7 Å². The molecule has 0 saturated heterocycles. The Labute approximate surface area is 139 Å². The third-order valence-electron chi connectivity index (χ3n) is 3.91. The van der Waals surface area contributed by atoms with Gasteiger partial charge in [0.05, 0.1) is 11.0 Å². The number of alkyl carbamates (subject to hydrolysis) is 1. The lowest BCUT2D eigenvalue weighted by Gasteiger charge is -2.33. The molecule has 0 aliphatic rings. The molecular weight excluding hydrogens is 298 g/mol. The fourth-order valence-electron chi connectivity index (χ4n) is 2.27. The first kappa shape index (κ1) is 21.7. The SMILES string of the molecule is CCCC(CCC(C)(C)OC)(CNC(=O)OC(C)(C)C)C(=O)O. The van der Waals surface area contributed by atoms with Crippen LogP contribution in [0.3, 0.4) is 0 Å². The van der Waals surface area contributed by atoms with Crippen molar-refractivity contribution in [2.24, 2.45) is 5.41 Å². The second-order valence-corrected chi connectivity index (χ2v) is 7.65. The van der Waals surface area contributed by atoms with Crippen LogP contribution < -0.4 is 5.32 Å². The largest absolute Gasteiger partial charge is 0.481 e. The van der Waals surface area contributed by atoms with Gasteiger partial charge in [0.25, 0.3) is 0 Å². The molecule has 0 saturated carbocycles. The highest BCUT2D eigenvalue weighted by Crippen LogP contribution is 2.33. The van der Waals surface area contributed by atoms with Crippen LogP contribution in [0.5, 0.6) is 0 Å². The number of hydrogen-bond acceptors (Lipinski definition) is 4. The Hall–Kier alpha value is -1.30. The summed E-state index contributed by atoms with van der Waals surface area (Å²) < 4.78 is 10.6. The Morgan fingerprint density at radius 2 is 1.61 bits per heavy atom. The molecule has 6 nitrogen and oxygen atoms in total. The predicted octanol–water partition coefficient (Wildman–Crippen LogP) is 3.59. The molecule has 0 heterocycles. The monoisotopic (exact) mass is 331 g/mol. The average Bonchev–Trinajstić information content (AvgIpc) is 2.40. The third kappa shape index (κ3) is 8.21. The number of aliphatic carboxylic acids is 1. The van der Waals surface area contributed by atoms with Crippen LogP contribution in [-0.4, -0.2) is 42.0 Å². The summed E-state index contributed by atoms with van der Waals surface area (Å²) in [5, 5.41) is 12.4. The lowest BCUT2D eigenvalue weighted by atomic mass is 9.77. The van der Waals surface area contributed by atoms with E-state index in [-0.39, 0.29) is 6.54 Å². The number of nitrogens with one attached hydrogen (secondary N) is 1. The summed E-state index contributed by atoms with van der Waals surface area (Å²) in [6.45, 7) is 11.1. The van der Waals surface area contributed by atoms with Crippen molar-refractivity contribution in [3.05, 3.63) is 0 Å². The van der Waals surface area contributed by atoms with Crippen LogP contribution in [0, 0.1) is 5.41 Å². The fraction of sp³-hybridized carbons (Fsp3) is 0.882. The van der Waals surface area contributed by atoms with Crippen molar-refractivity contribution < 1.29 is 24.2 Å². The quantitative estimate of drug-likeness (QED) is 0.674. The zero-order valence-electron chi connectivity index (χ0n) is 15.6. The van der Waals surface area contributed by atoms with Crippen molar-refractivity contribution in [3.63, 3.8) is 0 Å². The van der Waals surface area contributed by atoms with Gasteiger partial charge in [0.2, 0.25) is 0 Å². The van der Waals surface area contributed by atoms with Crippen molar-refractivity contribution >= 4 is 12.1 Å². The molecule has 23 heavy (non-hydrogen) atoms. The number of hydrogen-bond donors (Lipinski definition) is 2. The van der Waals surface area contributed by atoms with Crippen molar-refractivity contribution in [1.82, 2.24) is 5.32 Å². The molecule has 1 amide bonds. The second kappa shape index (κ2) is 8.52. The van der Waals surface area contributed by atoms with E-state index in [0.29, 0.717) is 19.3 Å². The summed E-state index contributed by atoms with van der Waals surface area (Å²) in [7, 11) is 1.61. The van der Waals surface area contributed by atoms with Gasteiger partial charge >= 0.3 is 12.1 Å². The average molecular weight is 331 g/mol. The number of methoxy groups -OCH3 is 1. The molecular formula is C17H33NO5. The zero-order chi connectivity index (χ0) is 18.3. The first-order chi connectivity index (χ1) is 10.4. The first-order valence-electron chi connectivity index (χ1n) is 8.13. The van der Waals surface area contributed by atoms with Crippen LogP contribution in [0.4, 0.5) is 4.79 Å². The van der Waals surface area contributed by atoms with Gasteiger partial charge in [0.1, 0.15) is 5.60 Å². The Bertz CT molecular complexity index is 400. The number of carboxylic acids is 1. The summed E-state index contributed by atoms with van der Waals surface area (Å²) in [5.74, 6) is -0.901. The minimum Gasteiger partial charge on any atom is -0.481 e. The van der Waals surface area contributed by atoms with Crippen LogP contribution >= 0.6 is 0 Å². The molecule has 0 aromatic rings. The lowest BCUT2D eigenvalue weighted by Crippen LogP contribution is -2.45. The topological polar surface area (TPSA) is 84.9 Å². The Kier molecular flexibility index (Phi) is 8.04. The van der Waals surface area contributed by atoms with Crippen LogP contribution in [0.25, 0.3) is 0 Å². The molecule has 0 aliphatic heterocycles. The highest BCUT2D eigenvalue weighted by atomic mass is 16.6. The molecule has 0 rings (SSSR count). The van der Waals surface area contributed by atoms with Crippen molar-refractivity contribution in [2.75, 3.05) is 13.7 Å². The number of carbonyl (C=O) groups excluding carboxylic acids is 1. The molecule has 1 unspecified atom stereocenters. The van der Waals surface area contributed by atoms with Gasteiger partial charge in [-0.3, -0.25) is 4.79 Å². The Morgan fingerprint density at radius 1 is 1.04 bits per heavy atom. The lowest BCUT2D eigenvalue weighted by molar-refractivity contribution is -0.150. The van der Waals surface area contributed by atoms with Gasteiger partial charge in [-0.1, -0.05) is 13.3 Å². The first-order valence-corrected chi connectivity index (χ1v) is 8.13. The van der Waals surface area contributed by atoms with E-state index in [0.717, 1.165) is 6.42 Å². The zero-order valence-corrected chi connectivity index (χ0v) is 15.6. The van der Waals surface area contributed by atoms with Crippen molar-refractivity contribution in [1.29, 1.82) is 0 Å². The highest BCUT2D eigenvalue weighted by molar-refractivity contribution is 5.76. The maximum atomic E-state index is 11.9. The van der Waals surface area contributed by atoms with Gasteiger partial charge in [-0.05, 0) is 53.9 Å². The minimum absolute atomic E-state index is 0.0465. The van der Waals surface area contributed by atoms with Gasteiger partial charge in [-0.15, -0.1) is 0 Å². The Morgan fingerprint density at radius 3 is 2.00 bits per heavy atom. The van der Waals surface area contributed by atoms with E-state index in [1.807, 2.05) is 20.8 Å². The number of carbonyl (C=O) groups is 2. The predicted molar refractivity (Wildman–Crippen MR) is 89.5 cm³/mol. The van der Waals surface area contributed by atoms with Crippen molar-refractivity contribution in [2.45, 2.75) is 78.4 Å². The van der Waals surface area contributed by atoms with E-state index in [1.165, 1.54) is 0 Å². The molecule has 0 aliphatic carbocycles. The number of ether oxygens (including phenoxy) is 2. The van der Waals surface area contributed by atoms with Gasteiger partial charge in [0.15, 0.2) is 0 Å². The number of carboxylic acid groups (broad SMARTS) is 1. The molecule has 136 valence electrons. The number of amides is 1. The van der Waals surface area contributed by atoms with E-state index in [2.05, 4.69) is 5.32 Å². The van der Waals surface area contributed by atoms with Gasteiger partial charge in [-0.25, -0.2) is 4.79 Å². The molecule has 0 aromatic heterocycles. The van der Waals surface area contributed by atoms with Gasteiger partial charge in [0, 0.05) is 13.7 Å². The van der Waals surface area contributed by atoms with Crippen LogP contribution in [0.2, 0.25) is 0 Å². The smallest absolute Gasteiger partial charge is 0.407 e. The maximum Gasteiger partial charge on any atom is 0.407 e. The maximum absolute atomic E-state index is 11.9. The molecule has 0 aromatic carbocycles. The summed E-state index contributed by atoms with van der Waals surface area (Å²) in [4.78, 5) is 23.7. The van der Waals surface area contributed by atoms with Gasteiger partial charge in [-0.2, -0.15) is 0 Å². The van der Waals surface area contributed by atoms with Crippen LogP contribution in [0.1, 0.15) is 67.2 Å². The molecule has 0 bridgehead atoms. The molecule has 2 N–H and O–H groups in total. The summed E-state index contributed by atoms with van der Waals surface area (Å²) in [6.07, 6.45) is 1.62. The molecule has 0 fully saturated rings. The van der Waals surface area contributed by atoms with E-state index >= 15 is 0 Å². The normalized spacial score (nSPS) is 14.9. The number of rotatable bonds is 9. The van der Waals surface area contributed by atoms with E-state index < -0.39 is 28.7 Å². The summed E-state index contributed by atoms with van der Waals surface area (Å²) >= 11 is 0. The molecule has 1 atom stereocenters. The standard InChI is InChI=1S/C17H33NO5/c1-8-9-17(13(19)20,11-10-16(5,6)22-7)12-18-14(21)23-15(2,3)4/h8-12H2,1-7H3,(H,18,21)(H,19,20). The Balaban J connectivity index is 4.99. The van der Waals surface area contributed by atoms with Crippen molar-refractivity contribution in [3.8, 4) is 0 Å². The molecule has 0 radical (unpaired) electrons. The van der Waals surface area contributed by atoms with Gasteiger partial charge < -0.3 is 19.9 Å². The third-order valence-corrected chi connectivity index (χ3v) is 3.91. The van der Waals surface area contributed by atoms with E-state index in [1.54, 1.807) is 27.9 Å².